The summed E-state index contributed by atoms with van der Waals surface area (Å²) in [5, 5.41) is 17.1. The Balaban J connectivity index is 1.83. The van der Waals surface area contributed by atoms with Crippen molar-refractivity contribution in [3.63, 3.8) is 0 Å². The van der Waals surface area contributed by atoms with Crippen LogP contribution in [-0.2, 0) is 0 Å². The number of benzene rings is 2. The van der Waals surface area contributed by atoms with E-state index in [0.717, 1.165) is 36.6 Å². The Morgan fingerprint density at radius 1 is 0.621 bits per heavy atom. The summed E-state index contributed by atoms with van der Waals surface area (Å²) >= 11 is 0. The highest BCUT2D eigenvalue weighted by Crippen LogP contribution is 2.24. The van der Waals surface area contributed by atoms with E-state index in [0.29, 0.717) is 0 Å². The Bertz CT molecular complexity index is 735. The molecule has 156 valence electrons. The normalized spacial score (nSPS) is 11.6. The highest BCUT2D eigenvalue weighted by molar-refractivity contribution is 5.52. The lowest BCUT2D eigenvalue weighted by Crippen LogP contribution is -2.18. The van der Waals surface area contributed by atoms with Gasteiger partial charge in [0.15, 0.2) is 0 Å². The first-order valence-electron chi connectivity index (χ1n) is 10.9. The molecule has 0 saturated carbocycles. The van der Waals surface area contributed by atoms with Crippen LogP contribution in [0.25, 0.3) is 0 Å². The van der Waals surface area contributed by atoms with Gasteiger partial charge in [0.05, 0.1) is 23.6 Å². The van der Waals surface area contributed by atoms with Crippen LogP contribution in [-0.4, -0.2) is 20.1 Å². The molecule has 0 aliphatic carbocycles. The van der Waals surface area contributed by atoms with Crippen molar-refractivity contribution < 1.29 is 0 Å². The van der Waals surface area contributed by atoms with Gasteiger partial charge in [0.2, 0.25) is 0 Å². The van der Waals surface area contributed by atoms with Gasteiger partial charge >= 0.3 is 0 Å². The van der Waals surface area contributed by atoms with Crippen LogP contribution in [0.2, 0.25) is 0 Å². The number of hydrogen-bond acceptors (Lipinski definition) is 5. The van der Waals surface area contributed by atoms with Gasteiger partial charge in [-0.1, -0.05) is 46.0 Å². The smallest absolute Gasteiger partial charge is 0.0858 e. The van der Waals surface area contributed by atoms with Crippen molar-refractivity contribution in [1.29, 1.82) is 0 Å². The van der Waals surface area contributed by atoms with E-state index in [1.807, 2.05) is 36.4 Å². The van der Waals surface area contributed by atoms with Gasteiger partial charge in [0.25, 0.3) is 0 Å². The highest BCUT2D eigenvalue weighted by Gasteiger charge is 2.01. The minimum Gasteiger partial charge on any atom is -0.375 e. The topological polar surface area (TPSA) is 52.7 Å². The molecule has 5 heteroatoms. The molecule has 2 aromatic carbocycles. The summed E-state index contributed by atoms with van der Waals surface area (Å²) in [5.41, 5.74) is 3.74. The maximum atomic E-state index is 4.34. The fourth-order valence-electron chi connectivity index (χ4n) is 2.94. The van der Waals surface area contributed by atoms with Gasteiger partial charge in [-0.05, 0) is 61.4 Å². The van der Waals surface area contributed by atoms with Gasteiger partial charge in [0, 0.05) is 19.3 Å². The van der Waals surface area contributed by atoms with Crippen LogP contribution in [0.5, 0.6) is 0 Å². The minimum atomic E-state index is 0.791. The van der Waals surface area contributed by atoms with Gasteiger partial charge < -0.3 is 4.90 Å². The number of nitrogens with zero attached hydrogens (tertiary/aromatic N) is 5. The summed E-state index contributed by atoms with van der Waals surface area (Å²) in [6.07, 6.45) is 8.62. The van der Waals surface area contributed by atoms with E-state index in [4.69, 9.17) is 0 Å². The summed E-state index contributed by atoms with van der Waals surface area (Å²) in [6.45, 7) is 6.31. The first-order chi connectivity index (χ1) is 14.2. The largest absolute Gasteiger partial charge is 0.375 e. The van der Waals surface area contributed by atoms with Crippen molar-refractivity contribution in [3.05, 3.63) is 48.5 Å². The Labute approximate surface area is 176 Å². The van der Waals surface area contributed by atoms with Crippen molar-refractivity contribution in [3.8, 4) is 0 Å². The molecule has 0 amide bonds. The zero-order valence-electron chi connectivity index (χ0n) is 18.2. The summed E-state index contributed by atoms with van der Waals surface area (Å²) in [7, 11) is 2.14. The molecule has 0 fully saturated rings. The molecule has 2 rings (SSSR count). The first kappa shape index (κ1) is 22.7. The average Bonchev–Trinajstić information content (AvgIpc) is 2.76. The molecular formula is C24H35N5. The third-order valence-electron chi connectivity index (χ3n) is 4.82. The lowest BCUT2D eigenvalue weighted by atomic mass is 10.2. The number of hydrogen-bond donors (Lipinski definition) is 0. The SMILES string of the molecule is CCCCCCN(C)c1ccc(/N=N/c2ccc(/N=N/CCCCC)cc2)cc1. The lowest BCUT2D eigenvalue weighted by Gasteiger charge is -2.19. The van der Waals surface area contributed by atoms with Crippen LogP contribution >= 0.6 is 0 Å². The van der Waals surface area contributed by atoms with E-state index >= 15 is 0 Å². The van der Waals surface area contributed by atoms with E-state index in [9.17, 15) is 0 Å². The van der Waals surface area contributed by atoms with Gasteiger partial charge in [-0.15, -0.1) is 0 Å². The van der Waals surface area contributed by atoms with Crippen LogP contribution in [0.15, 0.2) is 69.0 Å². The third-order valence-corrected chi connectivity index (χ3v) is 4.82. The van der Waals surface area contributed by atoms with E-state index in [1.165, 1.54) is 44.2 Å². The monoisotopic (exact) mass is 393 g/mol. The van der Waals surface area contributed by atoms with Crippen molar-refractivity contribution in [1.82, 2.24) is 0 Å². The molecule has 0 heterocycles. The van der Waals surface area contributed by atoms with Crippen molar-refractivity contribution in [2.75, 3.05) is 25.0 Å². The number of unbranched alkanes of at least 4 members (excludes halogenated alkanes) is 5. The van der Waals surface area contributed by atoms with Crippen LogP contribution in [0.4, 0.5) is 22.7 Å². The average molecular weight is 394 g/mol. The van der Waals surface area contributed by atoms with Crippen LogP contribution in [0.1, 0.15) is 58.8 Å². The Morgan fingerprint density at radius 2 is 1.14 bits per heavy atom. The zero-order chi connectivity index (χ0) is 20.7. The summed E-state index contributed by atoms with van der Waals surface area (Å²) in [4.78, 5) is 2.30. The molecule has 0 radical (unpaired) electrons. The van der Waals surface area contributed by atoms with Crippen LogP contribution in [0.3, 0.4) is 0 Å². The van der Waals surface area contributed by atoms with Crippen LogP contribution < -0.4 is 4.90 Å². The maximum absolute atomic E-state index is 4.34. The Hall–Kier alpha value is -2.56. The van der Waals surface area contributed by atoms with Gasteiger partial charge in [-0.3, -0.25) is 0 Å². The predicted octanol–water partition coefficient (Wildman–Crippen LogP) is 8.39. The molecule has 0 atom stereocenters. The number of azo groups is 2. The third kappa shape index (κ3) is 8.99. The molecule has 0 unspecified atom stereocenters. The second-order valence-electron chi connectivity index (χ2n) is 7.39. The van der Waals surface area contributed by atoms with Gasteiger partial charge in [-0.2, -0.15) is 20.5 Å². The fourth-order valence-corrected chi connectivity index (χ4v) is 2.94. The molecule has 0 saturated heterocycles. The molecule has 0 bridgehead atoms. The van der Waals surface area contributed by atoms with E-state index < -0.39 is 0 Å². The van der Waals surface area contributed by atoms with Gasteiger partial charge in [-0.25, -0.2) is 0 Å². The Morgan fingerprint density at radius 3 is 1.72 bits per heavy atom. The number of anilines is 1. The van der Waals surface area contributed by atoms with Crippen molar-refractivity contribution in [2.24, 2.45) is 20.5 Å². The first-order valence-corrected chi connectivity index (χ1v) is 10.9. The Kier molecular flexibility index (Phi) is 10.6. The van der Waals surface area contributed by atoms with E-state index in [2.05, 4.69) is 58.4 Å². The second kappa shape index (κ2) is 13.6. The summed E-state index contributed by atoms with van der Waals surface area (Å²) in [5.74, 6) is 0. The van der Waals surface area contributed by atoms with Crippen molar-refractivity contribution in [2.45, 2.75) is 58.8 Å². The summed E-state index contributed by atoms with van der Waals surface area (Å²) < 4.78 is 0. The van der Waals surface area contributed by atoms with Crippen LogP contribution in [0, 0.1) is 0 Å². The lowest BCUT2D eigenvalue weighted by molar-refractivity contribution is 0.661. The van der Waals surface area contributed by atoms with E-state index in [-0.39, 0.29) is 0 Å². The molecule has 0 aliphatic rings. The molecule has 0 N–H and O–H groups in total. The molecule has 0 aliphatic heterocycles. The maximum Gasteiger partial charge on any atom is 0.0858 e. The standard InChI is InChI=1S/C24H35N5/c1-4-6-8-10-20-29(3)24-17-15-23(16-18-24)28-27-22-13-11-21(12-14-22)26-25-19-9-7-5-2/h11-18H,4-10,19-20H2,1-3H3/b26-25+,28-27+. The van der Waals surface area contributed by atoms with Crippen molar-refractivity contribution >= 4 is 22.7 Å². The quantitative estimate of drug-likeness (QED) is 0.249. The molecule has 29 heavy (non-hydrogen) atoms. The predicted molar refractivity (Wildman–Crippen MR) is 123 cm³/mol. The number of rotatable bonds is 13. The van der Waals surface area contributed by atoms with Gasteiger partial charge in [0.1, 0.15) is 0 Å². The highest BCUT2D eigenvalue weighted by atomic mass is 15.1. The van der Waals surface area contributed by atoms with E-state index in [1.54, 1.807) is 0 Å². The second-order valence-corrected chi connectivity index (χ2v) is 7.39. The summed E-state index contributed by atoms with van der Waals surface area (Å²) in [6, 6.07) is 15.9. The minimum absolute atomic E-state index is 0.791. The molecule has 2 aromatic rings. The molecule has 5 nitrogen and oxygen atoms in total. The molecule has 0 aromatic heterocycles. The zero-order valence-corrected chi connectivity index (χ0v) is 18.2. The molecular weight excluding hydrogens is 358 g/mol. The fraction of sp³-hybridized carbons (Fsp3) is 0.500. The molecule has 0 spiro atoms.